The Morgan fingerprint density at radius 1 is 1.53 bits per heavy atom. The third-order valence-electron chi connectivity index (χ3n) is 2.81. The van der Waals surface area contributed by atoms with Crippen molar-refractivity contribution in [3.8, 4) is 0 Å². The highest BCUT2D eigenvalue weighted by Crippen LogP contribution is 2.22. The van der Waals surface area contributed by atoms with Crippen LogP contribution in [0.25, 0.3) is 0 Å². The zero-order valence-electron chi connectivity index (χ0n) is 10.7. The summed E-state index contributed by atoms with van der Waals surface area (Å²) in [6.07, 6.45) is 0. The fraction of sp³-hybridized carbons (Fsp3) is 0.417. The number of carbonyl (C=O) groups is 1. The number of nitrogens with zero attached hydrogens (tertiary/aromatic N) is 1. The maximum Gasteiger partial charge on any atom is 0.306 e. The number of carbonyl (C=O) groups excluding carboxylic acids is 1. The average molecular weight is 269 g/mol. The molecule has 19 heavy (non-hydrogen) atoms. The molecule has 1 unspecified atom stereocenters. The number of anilines is 1. The number of nitrogens with two attached hydrogens (primary N) is 1. The Hall–Kier alpha value is -2.02. The van der Waals surface area contributed by atoms with Crippen molar-refractivity contribution in [1.82, 2.24) is 0 Å². The molecule has 0 aliphatic carbocycles. The Morgan fingerprint density at radius 3 is 2.63 bits per heavy atom. The molecule has 1 aromatic rings. The van der Waals surface area contributed by atoms with Crippen molar-refractivity contribution < 1.29 is 14.1 Å². The number of amides is 1. The highest BCUT2D eigenvalue weighted by atomic mass is 19.1. The number of hydrogen-bond acceptors (Lipinski definition) is 4. The van der Waals surface area contributed by atoms with Gasteiger partial charge in [-0.15, -0.1) is 0 Å². The van der Waals surface area contributed by atoms with E-state index < -0.39 is 22.3 Å². The summed E-state index contributed by atoms with van der Waals surface area (Å²) in [7, 11) is 0. The van der Waals surface area contributed by atoms with Crippen LogP contribution in [0.1, 0.15) is 13.8 Å². The Balaban J connectivity index is 2.91. The van der Waals surface area contributed by atoms with Gasteiger partial charge < -0.3 is 11.1 Å². The van der Waals surface area contributed by atoms with Gasteiger partial charge in [-0.3, -0.25) is 14.9 Å². The molecule has 0 bridgehead atoms. The van der Waals surface area contributed by atoms with Gasteiger partial charge in [0, 0.05) is 18.3 Å². The first-order valence-corrected chi connectivity index (χ1v) is 5.81. The van der Waals surface area contributed by atoms with E-state index >= 15 is 0 Å². The molecule has 0 saturated heterocycles. The molecule has 1 rings (SSSR count). The van der Waals surface area contributed by atoms with Gasteiger partial charge in [-0.1, -0.05) is 13.8 Å². The zero-order chi connectivity index (χ0) is 14.6. The number of hydrogen-bond donors (Lipinski definition) is 2. The van der Waals surface area contributed by atoms with Crippen LogP contribution in [0.2, 0.25) is 0 Å². The molecule has 3 N–H and O–H groups in total. The highest BCUT2D eigenvalue weighted by molar-refractivity contribution is 5.93. The smallest absolute Gasteiger partial charge is 0.306 e. The largest absolute Gasteiger partial charge is 0.330 e. The van der Waals surface area contributed by atoms with Gasteiger partial charge in [0.25, 0.3) is 0 Å². The number of nitro benzene ring substituents is 1. The lowest BCUT2D eigenvalue weighted by Gasteiger charge is -2.18. The van der Waals surface area contributed by atoms with E-state index in [-0.39, 0.29) is 24.1 Å². The molecule has 104 valence electrons. The molecule has 0 aliphatic rings. The molecule has 7 heteroatoms. The standard InChI is InChI=1S/C12H16FN3O3/c1-7(2)9(6-14)12(17)15-8-3-4-10(13)11(5-8)16(18)19/h3-5,7,9H,6,14H2,1-2H3,(H,15,17). The fourth-order valence-corrected chi connectivity index (χ4v) is 1.65. The third-order valence-corrected chi connectivity index (χ3v) is 2.81. The molecular formula is C12H16FN3O3. The molecule has 0 aromatic heterocycles. The number of nitrogens with one attached hydrogen (secondary N) is 1. The number of benzene rings is 1. The predicted molar refractivity (Wildman–Crippen MR) is 69.1 cm³/mol. The van der Waals surface area contributed by atoms with Gasteiger partial charge in [-0.05, 0) is 18.1 Å². The van der Waals surface area contributed by atoms with E-state index in [9.17, 15) is 19.3 Å². The lowest BCUT2D eigenvalue weighted by atomic mass is 9.95. The number of rotatable bonds is 5. The second-order valence-electron chi connectivity index (χ2n) is 4.50. The summed E-state index contributed by atoms with van der Waals surface area (Å²) < 4.78 is 13.1. The van der Waals surface area contributed by atoms with E-state index in [4.69, 9.17) is 5.73 Å². The van der Waals surface area contributed by atoms with Crippen LogP contribution in [0.4, 0.5) is 15.8 Å². The predicted octanol–water partition coefficient (Wildman–Crippen LogP) is 1.90. The summed E-state index contributed by atoms with van der Waals surface area (Å²) >= 11 is 0. The molecule has 1 aromatic carbocycles. The van der Waals surface area contributed by atoms with Gasteiger partial charge in [0.2, 0.25) is 11.7 Å². The van der Waals surface area contributed by atoms with E-state index in [0.29, 0.717) is 0 Å². The van der Waals surface area contributed by atoms with Crippen LogP contribution in [0, 0.1) is 27.8 Å². The monoisotopic (exact) mass is 269 g/mol. The molecule has 6 nitrogen and oxygen atoms in total. The molecule has 1 atom stereocenters. The summed E-state index contributed by atoms with van der Waals surface area (Å²) in [5.74, 6) is -1.63. The third kappa shape index (κ3) is 3.72. The SMILES string of the molecule is CC(C)C(CN)C(=O)Nc1ccc(F)c([N+](=O)[O-])c1. The van der Waals surface area contributed by atoms with Gasteiger partial charge >= 0.3 is 5.69 Å². The molecule has 0 fully saturated rings. The van der Waals surface area contributed by atoms with Crippen LogP contribution in [0.15, 0.2) is 18.2 Å². The lowest BCUT2D eigenvalue weighted by molar-refractivity contribution is -0.387. The quantitative estimate of drug-likeness (QED) is 0.630. The van der Waals surface area contributed by atoms with Gasteiger partial charge in [-0.2, -0.15) is 4.39 Å². The molecule has 0 heterocycles. The summed E-state index contributed by atoms with van der Waals surface area (Å²) in [5, 5.41) is 13.1. The summed E-state index contributed by atoms with van der Waals surface area (Å²) in [5.41, 5.74) is 5.01. The van der Waals surface area contributed by atoms with Gasteiger partial charge in [0.1, 0.15) is 0 Å². The van der Waals surface area contributed by atoms with Crippen molar-refractivity contribution in [3.05, 3.63) is 34.1 Å². The fourth-order valence-electron chi connectivity index (χ4n) is 1.65. The van der Waals surface area contributed by atoms with E-state index in [1.807, 2.05) is 13.8 Å². The van der Waals surface area contributed by atoms with Crippen molar-refractivity contribution in [2.75, 3.05) is 11.9 Å². The average Bonchev–Trinajstić information content (AvgIpc) is 2.31. The van der Waals surface area contributed by atoms with E-state index in [1.165, 1.54) is 6.07 Å². The van der Waals surface area contributed by atoms with E-state index in [1.54, 1.807) is 0 Å². The second-order valence-corrected chi connectivity index (χ2v) is 4.50. The molecule has 0 spiro atoms. The zero-order valence-corrected chi connectivity index (χ0v) is 10.7. The van der Waals surface area contributed by atoms with E-state index in [0.717, 1.165) is 12.1 Å². The van der Waals surface area contributed by atoms with E-state index in [2.05, 4.69) is 5.32 Å². The van der Waals surface area contributed by atoms with Crippen LogP contribution < -0.4 is 11.1 Å². The Labute approximate surface area is 109 Å². The summed E-state index contributed by atoms with van der Waals surface area (Å²) in [4.78, 5) is 21.6. The van der Waals surface area contributed by atoms with Crippen molar-refractivity contribution in [3.63, 3.8) is 0 Å². The maximum atomic E-state index is 13.1. The molecule has 1 amide bonds. The van der Waals surface area contributed by atoms with Crippen LogP contribution in [-0.2, 0) is 4.79 Å². The molecule has 0 saturated carbocycles. The van der Waals surface area contributed by atoms with Gasteiger partial charge in [0.05, 0.1) is 10.8 Å². The Morgan fingerprint density at radius 2 is 2.16 bits per heavy atom. The molecular weight excluding hydrogens is 253 g/mol. The topological polar surface area (TPSA) is 98.3 Å². The Kier molecular flexibility index (Phi) is 4.94. The molecule has 0 aliphatic heterocycles. The van der Waals surface area contributed by atoms with Gasteiger partial charge in [0.15, 0.2) is 0 Å². The molecule has 0 radical (unpaired) electrons. The van der Waals surface area contributed by atoms with Crippen molar-refractivity contribution in [2.45, 2.75) is 13.8 Å². The number of nitro groups is 1. The second kappa shape index (κ2) is 6.24. The minimum absolute atomic E-state index is 0.0421. The maximum absolute atomic E-state index is 13.1. The van der Waals surface area contributed by atoms with Crippen molar-refractivity contribution in [1.29, 1.82) is 0 Å². The first-order chi connectivity index (χ1) is 8.86. The van der Waals surface area contributed by atoms with Crippen LogP contribution in [-0.4, -0.2) is 17.4 Å². The summed E-state index contributed by atoms with van der Waals surface area (Å²) in [6.45, 7) is 3.88. The Bertz CT molecular complexity index is 491. The van der Waals surface area contributed by atoms with Crippen molar-refractivity contribution in [2.24, 2.45) is 17.6 Å². The van der Waals surface area contributed by atoms with Crippen LogP contribution in [0.5, 0.6) is 0 Å². The van der Waals surface area contributed by atoms with Crippen molar-refractivity contribution >= 4 is 17.3 Å². The van der Waals surface area contributed by atoms with Crippen LogP contribution >= 0.6 is 0 Å². The number of halogens is 1. The first kappa shape index (κ1) is 15.0. The minimum atomic E-state index is -0.942. The first-order valence-electron chi connectivity index (χ1n) is 5.81. The van der Waals surface area contributed by atoms with Crippen LogP contribution in [0.3, 0.4) is 0 Å². The normalized spacial score (nSPS) is 12.3. The lowest BCUT2D eigenvalue weighted by Crippen LogP contribution is -2.33. The highest BCUT2D eigenvalue weighted by Gasteiger charge is 2.22. The summed E-state index contributed by atoms with van der Waals surface area (Å²) in [6, 6.07) is 3.20. The minimum Gasteiger partial charge on any atom is -0.330 e. The van der Waals surface area contributed by atoms with Gasteiger partial charge in [-0.25, -0.2) is 0 Å².